The molecule has 0 aliphatic heterocycles. The summed E-state index contributed by atoms with van der Waals surface area (Å²) in [6.07, 6.45) is 0. The van der Waals surface area contributed by atoms with Gasteiger partial charge in [-0.3, -0.25) is 9.10 Å². The van der Waals surface area contributed by atoms with E-state index in [1.165, 1.54) is 37.1 Å². The number of hydrogen-bond acceptors (Lipinski definition) is 5. The molecule has 0 radical (unpaired) electrons. The number of rotatable bonds is 11. The van der Waals surface area contributed by atoms with Gasteiger partial charge in [0, 0.05) is 28.6 Å². The second-order valence-corrected chi connectivity index (χ2v) is 11.0. The Balaban J connectivity index is 1.66. The summed E-state index contributed by atoms with van der Waals surface area (Å²) in [7, 11) is -2.51. The fourth-order valence-corrected chi connectivity index (χ4v) is 6.05. The van der Waals surface area contributed by atoms with Crippen LogP contribution in [0, 0.1) is 12.7 Å². The van der Waals surface area contributed by atoms with Crippen LogP contribution in [0.4, 0.5) is 10.1 Å². The summed E-state index contributed by atoms with van der Waals surface area (Å²) in [6, 6.07) is 17.6. The van der Waals surface area contributed by atoms with Gasteiger partial charge in [0.05, 0.1) is 17.7 Å². The van der Waals surface area contributed by atoms with E-state index >= 15 is 0 Å². The van der Waals surface area contributed by atoms with E-state index in [1.807, 2.05) is 0 Å². The smallest absolute Gasteiger partial charge is 0.264 e. The lowest BCUT2D eigenvalue weighted by Gasteiger charge is -2.24. The zero-order chi connectivity index (χ0) is 25.4. The van der Waals surface area contributed by atoms with E-state index < -0.39 is 15.9 Å². The number of aryl methyl sites for hydroxylation is 1. The Labute approximate surface area is 214 Å². The Bertz CT molecular complexity index is 1250. The normalized spacial score (nSPS) is 11.2. The van der Waals surface area contributed by atoms with Crippen LogP contribution in [-0.2, 0) is 20.6 Å². The predicted molar refractivity (Wildman–Crippen MR) is 139 cm³/mol. The zero-order valence-electron chi connectivity index (χ0n) is 19.3. The number of hydrogen-bond donors (Lipinski definition) is 1. The Morgan fingerprint density at radius 2 is 1.86 bits per heavy atom. The van der Waals surface area contributed by atoms with Gasteiger partial charge in [-0.2, -0.15) is 11.8 Å². The van der Waals surface area contributed by atoms with Crippen LogP contribution in [0.1, 0.15) is 11.1 Å². The summed E-state index contributed by atoms with van der Waals surface area (Å²) in [6.45, 7) is 1.66. The highest BCUT2D eigenvalue weighted by molar-refractivity contribution is 7.98. The van der Waals surface area contributed by atoms with Gasteiger partial charge >= 0.3 is 0 Å². The van der Waals surface area contributed by atoms with Gasteiger partial charge in [0.1, 0.15) is 18.1 Å². The van der Waals surface area contributed by atoms with Crippen LogP contribution >= 0.6 is 23.4 Å². The fraction of sp³-hybridized carbons (Fsp3) is 0.240. The molecule has 3 aromatic carbocycles. The van der Waals surface area contributed by atoms with Gasteiger partial charge in [-0.25, -0.2) is 12.8 Å². The Kier molecular flexibility index (Phi) is 9.42. The van der Waals surface area contributed by atoms with Crippen molar-refractivity contribution in [1.29, 1.82) is 0 Å². The first-order valence-electron chi connectivity index (χ1n) is 10.7. The highest BCUT2D eigenvalue weighted by Crippen LogP contribution is 2.27. The maximum atomic E-state index is 13.9. The molecule has 3 aromatic rings. The average molecular weight is 537 g/mol. The third-order valence-corrected chi connectivity index (χ3v) is 8.27. The third kappa shape index (κ3) is 6.90. The van der Waals surface area contributed by atoms with Crippen molar-refractivity contribution in [2.45, 2.75) is 17.6 Å². The second-order valence-electron chi connectivity index (χ2n) is 7.58. The number of methoxy groups -OCH3 is 1. The van der Waals surface area contributed by atoms with Gasteiger partial charge in [-0.1, -0.05) is 35.9 Å². The van der Waals surface area contributed by atoms with Crippen LogP contribution in [0.2, 0.25) is 5.02 Å². The maximum Gasteiger partial charge on any atom is 0.264 e. The first-order chi connectivity index (χ1) is 16.7. The lowest BCUT2D eigenvalue weighted by atomic mass is 10.2. The molecule has 10 heteroatoms. The third-order valence-electron chi connectivity index (χ3n) is 5.16. The topological polar surface area (TPSA) is 75.7 Å². The van der Waals surface area contributed by atoms with Crippen LogP contribution < -0.4 is 14.4 Å². The molecular formula is C25H26ClFN2O4S2. The number of amides is 1. The van der Waals surface area contributed by atoms with Crippen LogP contribution in [0.25, 0.3) is 0 Å². The van der Waals surface area contributed by atoms with Crippen LogP contribution in [-0.4, -0.2) is 40.3 Å². The van der Waals surface area contributed by atoms with E-state index in [-0.39, 0.29) is 17.3 Å². The predicted octanol–water partition coefficient (Wildman–Crippen LogP) is 5.04. The fourth-order valence-electron chi connectivity index (χ4n) is 3.34. The molecule has 35 heavy (non-hydrogen) atoms. The highest BCUT2D eigenvalue weighted by atomic mass is 35.5. The number of halogens is 2. The first-order valence-corrected chi connectivity index (χ1v) is 13.7. The SMILES string of the molecule is COc1ccc(S(=O)(=O)N(CC(=O)NCCSCc2c(F)cccc2Cl)c2ccccc2)cc1C. The van der Waals surface area contributed by atoms with Crippen molar-refractivity contribution in [2.24, 2.45) is 0 Å². The zero-order valence-corrected chi connectivity index (χ0v) is 21.7. The van der Waals surface area contributed by atoms with E-state index in [2.05, 4.69) is 5.32 Å². The molecule has 1 amide bonds. The molecule has 6 nitrogen and oxygen atoms in total. The van der Waals surface area contributed by atoms with E-state index in [0.717, 1.165) is 4.31 Å². The molecule has 0 saturated carbocycles. The van der Waals surface area contributed by atoms with Crippen molar-refractivity contribution >= 4 is 45.0 Å². The average Bonchev–Trinajstić information content (AvgIpc) is 2.84. The maximum absolute atomic E-state index is 13.9. The van der Waals surface area contributed by atoms with Crippen molar-refractivity contribution in [2.75, 3.05) is 30.3 Å². The molecule has 3 rings (SSSR count). The van der Waals surface area contributed by atoms with Gasteiger partial charge in [-0.15, -0.1) is 0 Å². The molecule has 0 aliphatic carbocycles. The van der Waals surface area contributed by atoms with Crippen molar-refractivity contribution in [1.82, 2.24) is 5.32 Å². The monoisotopic (exact) mass is 536 g/mol. The number of nitrogens with one attached hydrogen (secondary N) is 1. The van der Waals surface area contributed by atoms with Gasteiger partial charge in [0.2, 0.25) is 5.91 Å². The standard InChI is InChI=1S/C25H26ClFN2O4S2/c1-18-15-20(11-12-24(18)33-2)35(31,32)29(19-7-4-3-5-8-19)16-25(30)28-13-14-34-17-21-22(26)9-6-10-23(21)27/h3-12,15H,13-14,16-17H2,1-2H3,(H,28,30). The molecule has 1 N–H and O–H groups in total. The van der Waals surface area contributed by atoms with Gasteiger partial charge in [0.25, 0.3) is 10.0 Å². The molecule has 186 valence electrons. The van der Waals surface area contributed by atoms with Crippen LogP contribution in [0.5, 0.6) is 5.75 Å². The van der Waals surface area contributed by atoms with Gasteiger partial charge < -0.3 is 10.1 Å². The molecule has 0 unspecified atom stereocenters. The molecule has 0 fully saturated rings. The summed E-state index contributed by atoms with van der Waals surface area (Å²) >= 11 is 7.45. The van der Waals surface area contributed by atoms with Crippen molar-refractivity contribution in [3.05, 3.63) is 88.7 Å². The summed E-state index contributed by atoms with van der Waals surface area (Å²) < 4.78 is 47.1. The number of para-hydroxylation sites is 1. The number of ether oxygens (including phenoxy) is 1. The minimum Gasteiger partial charge on any atom is -0.496 e. The number of carbonyl (C=O) groups excluding carboxylic acids is 1. The lowest BCUT2D eigenvalue weighted by molar-refractivity contribution is -0.119. The minimum absolute atomic E-state index is 0.0600. The lowest BCUT2D eigenvalue weighted by Crippen LogP contribution is -2.41. The van der Waals surface area contributed by atoms with Gasteiger partial charge in [-0.05, 0) is 55.0 Å². The van der Waals surface area contributed by atoms with E-state index in [4.69, 9.17) is 16.3 Å². The second kappa shape index (κ2) is 12.3. The van der Waals surface area contributed by atoms with E-state index in [1.54, 1.807) is 55.5 Å². The highest BCUT2D eigenvalue weighted by Gasteiger charge is 2.27. The Morgan fingerprint density at radius 1 is 1.11 bits per heavy atom. The van der Waals surface area contributed by atoms with Crippen LogP contribution in [0.3, 0.4) is 0 Å². The number of benzene rings is 3. The molecule has 0 aliphatic rings. The number of anilines is 1. The molecule has 0 heterocycles. The Hall–Kier alpha value is -2.75. The van der Waals surface area contributed by atoms with Gasteiger partial charge in [0.15, 0.2) is 0 Å². The molecule has 0 spiro atoms. The molecule has 0 saturated heterocycles. The molecule has 0 bridgehead atoms. The molecule has 0 aromatic heterocycles. The van der Waals surface area contributed by atoms with E-state index in [0.29, 0.717) is 45.6 Å². The van der Waals surface area contributed by atoms with Crippen molar-refractivity contribution in [3.8, 4) is 5.75 Å². The largest absolute Gasteiger partial charge is 0.496 e. The molecule has 0 atom stereocenters. The summed E-state index contributed by atoms with van der Waals surface area (Å²) in [5.74, 6) is 0.621. The Morgan fingerprint density at radius 3 is 2.51 bits per heavy atom. The van der Waals surface area contributed by atoms with Crippen LogP contribution in [0.15, 0.2) is 71.6 Å². The van der Waals surface area contributed by atoms with Crippen molar-refractivity contribution < 1.29 is 22.3 Å². The van der Waals surface area contributed by atoms with Crippen molar-refractivity contribution in [3.63, 3.8) is 0 Å². The first kappa shape index (κ1) is 26.8. The number of thioether (sulfide) groups is 1. The summed E-state index contributed by atoms with van der Waals surface area (Å²) in [5, 5.41) is 3.10. The number of sulfonamides is 1. The quantitative estimate of drug-likeness (QED) is 0.347. The molecular weight excluding hydrogens is 511 g/mol. The van der Waals surface area contributed by atoms with E-state index in [9.17, 15) is 17.6 Å². The number of carbonyl (C=O) groups is 1. The minimum atomic E-state index is -4.02. The number of nitrogens with zero attached hydrogens (tertiary/aromatic N) is 1. The summed E-state index contributed by atoms with van der Waals surface area (Å²) in [5.41, 5.74) is 1.46. The summed E-state index contributed by atoms with van der Waals surface area (Å²) in [4.78, 5) is 12.7.